The van der Waals surface area contributed by atoms with Crippen LogP contribution in [0.4, 0.5) is 0 Å². The zero-order chi connectivity index (χ0) is 22.1. The van der Waals surface area contributed by atoms with Crippen LogP contribution < -0.4 is 14.8 Å². The van der Waals surface area contributed by atoms with E-state index in [0.29, 0.717) is 6.04 Å². The predicted octanol–water partition coefficient (Wildman–Crippen LogP) is 3.59. The number of likely N-dealkylation sites (N-methyl/N-ethyl adjacent to an activating group) is 1. The van der Waals surface area contributed by atoms with Crippen LogP contribution in [0.3, 0.4) is 0 Å². The van der Waals surface area contributed by atoms with Crippen molar-refractivity contribution in [1.82, 2.24) is 15.1 Å². The van der Waals surface area contributed by atoms with Gasteiger partial charge in [0.15, 0.2) is 17.5 Å². The summed E-state index contributed by atoms with van der Waals surface area (Å²) < 4.78 is 10.8. The summed E-state index contributed by atoms with van der Waals surface area (Å²) >= 11 is 0. The number of ether oxygens (including phenoxy) is 2. The van der Waals surface area contributed by atoms with Gasteiger partial charge in [0.25, 0.3) is 0 Å². The quantitative estimate of drug-likeness (QED) is 0.492. The molecule has 0 spiro atoms. The van der Waals surface area contributed by atoms with Crippen molar-refractivity contribution in [3.63, 3.8) is 0 Å². The molecule has 1 N–H and O–H groups in total. The van der Waals surface area contributed by atoms with Crippen LogP contribution in [-0.4, -0.2) is 70.3 Å². The van der Waals surface area contributed by atoms with Crippen LogP contribution in [0.2, 0.25) is 0 Å². The predicted molar refractivity (Wildman–Crippen MR) is 127 cm³/mol. The average Bonchev–Trinajstić information content (AvgIpc) is 3.35. The number of nitrogens with zero attached hydrogens (tertiary/aromatic N) is 3. The Labute approximate surface area is 186 Å². The van der Waals surface area contributed by atoms with E-state index in [0.717, 1.165) is 50.1 Å². The summed E-state index contributed by atoms with van der Waals surface area (Å²) in [5, 5.41) is 3.61. The Morgan fingerprint density at radius 2 is 1.77 bits per heavy atom. The van der Waals surface area contributed by atoms with Crippen molar-refractivity contribution in [3.8, 4) is 11.5 Å². The molecule has 31 heavy (non-hydrogen) atoms. The number of benzene rings is 2. The molecule has 1 unspecified atom stereocenters. The van der Waals surface area contributed by atoms with Crippen molar-refractivity contribution < 1.29 is 9.47 Å². The lowest BCUT2D eigenvalue weighted by Gasteiger charge is -2.30. The molecule has 2 aromatic carbocycles. The first-order valence-electron chi connectivity index (χ1n) is 11.1. The van der Waals surface area contributed by atoms with E-state index in [1.807, 2.05) is 19.2 Å². The minimum absolute atomic E-state index is 0.361. The summed E-state index contributed by atoms with van der Waals surface area (Å²) in [6, 6.07) is 17.2. The minimum Gasteiger partial charge on any atom is -0.493 e. The highest BCUT2D eigenvalue weighted by molar-refractivity contribution is 5.79. The molecule has 1 aliphatic rings. The highest BCUT2D eigenvalue weighted by atomic mass is 16.5. The maximum Gasteiger partial charge on any atom is 0.193 e. The summed E-state index contributed by atoms with van der Waals surface area (Å²) in [6.07, 6.45) is 3.46. The van der Waals surface area contributed by atoms with Gasteiger partial charge in [-0.1, -0.05) is 36.4 Å². The first-order chi connectivity index (χ1) is 15.2. The van der Waals surface area contributed by atoms with Gasteiger partial charge in [0, 0.05) is 27.2 Å². The Hall–Kier alpha value is -2.73. The van der Waals surface area contributed by atoms with Crippen LogP contribution in [0.25, 0.3) is 0 Å². The third kappa shape index (κ3) is 6.14. The van der Waals surface area contributed by atoms with E-state index in [-0.39, 0.29) is 0 Å². The van der Waals surface area contributed by atoms with Gasteiger partial charge in [-0.25, -0.2) is 0 Å². The molecule has 6 nitrogen and oxygen atoms in total. The molecule has 1 aliphatic heterocycles. The van der Waals surface area contributed by atoms with Crippen molar-refractivity contribution in [3.05, 3.63) is 59.7 Å². The zero-order valence-electron chi connectivity index (χ0n) is 19.3. The van der Waals surface area contributed by atoms with E-state index in [9.17, 15) is 0 Å². The van der Waals surface area contributed by atoms with Crippen LogP contribution in [0, 0.1) is 0 Å². The minimum atomic E-state index is 0.361. The monoisotopic (exact) mass is 424 g/mol. The number of guanidine groups is 1. The molecule has 1 fully saturated rings. The molecule has 0 bridgehead atoms. The van der Waals surface area contributed by atoms with Gasteiger partial charge in [-0.05, 0) is 55.6 Å². The van der Waals surface area contributed by atoms with Crippen LogP contribution >= 0.6 is 0 Å². The van der Waals surface area contributed by atoms with Gasteiger partial charge < -0.3 is 19.7 Å². The maximum absolute atomic E-state index is 5.43. The van der Waals surface area contributed by atoms with E-state index >= 15 is 0 Å². The maximum atomic E-state index is 5.43. The average molecular weight is 425 g/mol. The fourth-order valence-corrected chi connectivity index (χ4v) is 4.20. The number of aliphatic imine (C=N–C) groups is 1. The van der Waals surface area contributed by atoms with E-state index in [2.05, 4.69) is 63.6 Å². The normalized spacial score (nSPS) is 15.5. The molecule has 0 radical (unpaired) electrons. The number of hydrogen-bond donors (Lipinski definition) is 1. The SMILES string of the molecule is CN=C(NCC(c1ccccc1)N1CCCC1)N(C)CCc1ccc(OC)c(OC)c1. The molecule has 3 rings (SSSR count). The molecule has 1 saturated heterocycles. The lowest BCUT2D eigenvalue weighted by molar-refractivity contribution is 0.244. The number of nitrogens with one attached hydrogen (secondary N) is 1. The summed E-state index contributed by atoms with van der Waals surface area (Å²) in [7, 11) is 7.26. The largest absolute Gasteiger partial charge is 0.493 e. The van der Waals surface area contributed by atoms with Crippen molar-refractivity contribution in [2.24, 2.45) is 4.99 Å². The van der Waals surface area contributed by atoms with E-state index in [1.54, 1.807) is 14.2 Å². The number of likely N-dealkylation sites (tertiary alicyclic amines) is 1. The van der Waals surface area contributed by atoms with Gasteiger partial charge in [0.05, 0.1) is 20.3 Å². The van der Waals surface area contributed by atoms with Gasteiger partial charge in [0.2, 0.25) is 0 Å². The van der Waals surface area contributed by atoms with E-state index < -0.39 is 0 Å². The third-order valence-corrected chi connectivity index (χ3v) is 5.98. The van der Waals surface area contributed by atoms with Crippen molar-refractivity contribution in [2.75, 3.05) is 54.5 Å². The molecular weight excluding hydrogens is 388 g/mol. The Morgan fingerprint density at radius 3 is 2.42 bits per heavy atom. The second-order valence-corrected chi connectivity index (χ2v) is 7.96. The Balaban J connectivity index is 1.59. The number of methoxy groups -OCH3 is 2. The van der Waals surface area contributed by atoms with E-state index in [1.165, 1.54) is 24.0 Å². The van der Waals surface area contributed by atoms with Gasteiger partial charge in [0.1, 0.15) is 0 Å². The molecule has 1 atom stereocenters. The molecule has 1 heterocycles. The highest BCUT2D eigenvalue weighted by Gasteiger charge is 2.23. The van der Waals surface area contributed by atoms with Crippen molar-refractivity contribution in [1.29, 1.82) is 0 Å². The molecule has 2 aromatic rings. The summed E-state index contributed by atoms with van der Waals surface area (Å²) in [6.45, 7) is 4.02. The smallest absolute Gasteiger partial charge is 0.193 e. The fourth-order valence-electron chi connectivity index (χ4n) is 4.20. The Morgan fingerprint density at radius 1 is 1.06 bits per heavy atom. The molecule has 6 heteroatoms. The van der Waals surface area contributed by atoms with Crippen molar-refractivity contribution in [2.45, 2.75) is 25.3 Å². The molecule has 168 valence electrons. The zero-order valence-corrected chi connectivity index (χ0v) is 19.3. The molecule has 0 amide bonds. The molecule has 0 aliphatic carbocycles. The Bertz CT molecular complexity index is 835. The fraction of sp³-hybridized carbons (Fsp3) is 0.480. The van der Waals surface area contributed by atoms with Gasteiger partial charge in [-0.3, -0.25) is 9.89 Å². The standard InChI is InChI=1S/C25H36N4O2/c1-26-25(28(2)17-14-20-12-13-23(30-3)24(18-20)31-4)27-19-22(29-15-8-9-16-29)21-10-6-5-7-11-21/h5-7,10-13,18,22H,8-9,14-17,19H2,1-4H3,(H,26,27). The van der Waals surface area contributed by atoms with Crippen LogP contribution in [0.15, 0.2) is 53.5 Å². The number of rotatable bonds is 9. The number of hydrogen-bond acceptors (Lipinski definition) is 4. The van der Waals surface area contributed by atoms with Crippen LogP contribution in [0.5, 0.6) is 11.5 Å². The van der Waals surface area contributed by atoms with E-state index in [4.69, 9.17) is 9.47 Å². The Kier molecular flexibility index (Phi) is 8.59. The third-order valence-electron chi connectivity index (χ3n) is 5.98. The molecular formula is C25H36N4O2. The lowest BCUT2D eigenvalue weighted by atomic mass is 10.1. The summed E-state index contributed by atoms with van der Waals surface area (Å²) in [4.78, 5) is 9.29. The second kappa shape index (κ2) is 11.6. The molecule has 0 aromatic heterocycles. The second-order valence-electron chi connectivity index (χ2n) is 7.96. The first-order valence-corrected chi connectivity index (χ1v) is 11.1. The van der Waals surface area contributed by atoms with Crippen LogP contribution in [-0.2, 0) is 6.42 Å². The van der Waals surface area contributed by atoms with Gasteiger partial charge in [-0.2, -0.15) is 0 Å². The van der Waals surface area contributed by atoms with Gasteiger partial charge >= 0.3 is 0 Å². The van der Waals surface area contributed by atoms with Gasteiger partial charge in [-0.15, -0.1) is 0 Å². The lowest BCUT2D eigenvalue weighted by Crippen LogP contribution is -2.44. The topological polar surface area (TPSA) is 49.3 Å². The summed E-state index contributed by atoms with van der Waals surface area (Å²) in [5.74, 6) is 2.44. The summed E-state index contributed by atoms with van der Waals surface area (Å²) in [5.41, 5.74) is 2.57. The van der Waals surface area contributed by atoms with Crippen LogP contribution in [0.1, 0.15) is 30.0 Å². The highest BCUT2D eigenvalue weighted by Crippen LogP contribution is 2.28. The van der Waals surface area contributed by atoms with Crippen molar-refractivity contribution >= 4 is 5.96 Å². The first kappa shape index (κ1) is 22.9. The molecule has 0 saturated carbocycles.